The van der Waals surface area contributed by atoms with Crippen LogP contribution in [-0.4, -0.2) is 13.1 Å². The van der Waals surface area contributed by atoms with Crippen LogP contribution in [0.25, 0.3) is 21.4 Å². The Morgan fingerprint density at radius 1 is 1.09 bits per heavy atom. The third-order valence-corrected chi connectivity index (χ3v) is 5.76. The minimum absolute atomic E-state index is 0.0557. The molecule has 1 aromatic carbocycles. The van der Waals surface area contributed by atoms with Gasteiger partial charge in [-0.2, -0.15) is 0 Å². The van der Waals surface area contributed by atoms with Gasteiger partial charge < -0.3 is 9.32 Å². The second-order valence-electron chi connectivity index (χ2n) is 5.81. The summed E-state index contributed by atoms with van der Waals surface area (Å²) in [4.78, 5) is 14.6. The molecule has 5 heteroatoms. The molecule has 2 aromatic heterocycles. The number of rotatable bonds is 2. The molecule has 0 N–H and O–H groups in total. The summed E-state index contributed by atoms with van der Waals surface area (Å²) in [6.45, 7) is 1.93. The molecule has 0 bridgehead atoms. The molecule has 23 heavy (non-hydrogen) atoms. The van der Waals surface area contributed by atoms with Crippen LogP contribution in [0.3, 0.4) is 0 Å². The molecule has 1 fully saturated rings. The zero-order valence-corrected chi connectivity index (χ0v) is 15.0. The van der Waals surface area contributed by atoms with Crippen LogP contribution in [0.5, 0.6) is 0 Å². The second kappa shape index (κ2) is 6.13. The molecular formula is C18H16BrNO2S. The molecule has 1 saturated heterocycles. The predicted molar refractivity (Wildman–Crippen MR) is 99.6 cm³/mol. The molecule has 0 amide bonds. The largest absolute Gasteiger partial charge is 0.439 e. The van der Waals surface area contributed by atoms with Crippen LogP contribution in [0.2, 0.25) is 0 Å². The summed E-state index contributed by atoms with van der Waals surface area (Å²) in [5.41, 5.74) is 2.83. The fraction of sp³-hybridized carbons (Fsp3) is 0.278. The van der Waals surface area contributed by atoms with E-state index in [1.807, 2.05) is 29.6 Å². The van der Waals surface area contributed by atoms with Crippen molar-refractivity contribution in [2.24, 2.45) is 0 Å². The number of thiophene rings is 1. The van der Waals surface area contributed by atoms with Crippen molar-refractivity contribution in [1.29, 1.82) is 0 Å². The monoisotopic (exact) mass is 389 g/mol. The van der Waals surface area contributed by atoms with Crippen LogP contribution in [0.4, 0.5) is 5.88 Å². The highest BCUT2D eigenvalue weighted by atomic mass is 79.9. The van der Waals surface area contributed by atoms with Gasteiger partial charge in [0.1, 0.15) is 4.70 Å². The topological polar surface area (TPSA) is 33.5 Å². The number of hydrogen-bond acceptors (Lipinski definition) is 4. The molecule has 0 saturated carbocycles. The number of piperidine rings is 1. The highest BCUT2D eigenvalue weighted by Gasteiger charge is 2.18. The molecule has 0 spiro atoms. The second-order valence-corrected chi connectivity index (χ2v) is 7.61. The minimum Gasteiger partial charge on any atom is -0.439 e. The van der Waals surface area contributed by atoms with E-state index in [1.165, 1.54) is 17.8 Å². The first-order valence-corrected chi connectivity index (χ1v) is 9.46. The zero-order valence-electron chi connectivity index (χ0n) is 12.5. The number of halogens is 1. The standard InChI is InChI=1S/C18H16BrNO2S/c19-13-6-4-12(5-7-13)14-11-23-18-15(21)10-16(22-17(14)18)20-8-2-1-3-9-20/h4-7,10-11H,1-3,8-9H2. The average molecular weight is 390 g/mol. The summed E-state index contributed by atoms with van der Waals surface area (Å²) < 4.78 is 7.90. The number of hydrogen-bond donors (Lipinski definition) is 0. The van der Waals surface area contributed by atoms with E-state index < -0.39 is 0 Å². The van der Waals surface area contributed by atoms with Gasteiger partial charge in [0, 0.05) is 34.6 Å². The number of fused-ring (bicyclic) bond motifs is 1. The minimum atomic E-state index is 0.0557. The third kappa shape index (κ3) is 2.83. The van der Waals surface area contributed by atoms with Gasteiger partial charge in [0.2, 0.25) is 5.43 Å². The van der Waals surface area contributed by atoms with Crippen LogP contribution < -0.4 is 10.3 Å². The summed E-state index contributed by atoms with van der Waals surface area (Å²) in [5.74, 6) is 0.707. The van der Waals surface area contributed by atoms with E-state index in [0.717, 1.165) is 41.5 Å². The fourth-order valence-corrected chi connectivity index (χ4v) is 4.21. The maximum atomic E-state index is 12.5. The van der Waals surface area contributed by atoms with Crippen LogP contribution in [0.1, 0.15) is 19.3 Å². The molecule has 0 radical (unpaired) electrons. The Morgan fingerprint density at radius 3 is 2.57 bits per heavy atom. The van der Waals surface area contributed by atoms with E-state index >= 15 is 0 Å². The highest BCUT2D eigenvalue weighted by Crippen LogP contribution is 2.35. The Labute approximate surface area is 146 Å². The zero-order chi connectivity index (χ0) is 15.8. The maximum absolute atomic E-state index is 12.5. The Kier molecular flexibility index (Phi) is 3.99. The first-order chi connectivity index (χ1) is 11.2. The lowest BCUT2D eigenvalue weighted by Crippen LogP contribution is -2.29. The van der Waals surface area contributed by atoms with Gasteiger partial charge in [0.15, 0.2) is 11.5 Å². The average Bonchev–Trinajstić information content (AvgIpc) is 3.01. The van der Waals surface area contributed by atoms with Gasteiger partial charge in [-0.05, 0) is 37.0 Å². The molecule has 3 aromatic rings. The van der Waals surface area contributed by atoms with Gasteiger partial charge in [0.05, 0.1) is 0 Å². The predicted octanol–water partition coefficient (Wildman–Crippen LogP) is 5.27. The highest BCUT2D eigenvalue weighted by molar-refractivity contribution is 9.10. The molecular weight excluding hydrogens is 374 g/mol. The van der Waals surface area contributed by atoms with E-state index in [0.29, 0.717) is 16.2 Å². The molecule has 3 heterocycles. The normalized spacial score (nSPS) is 15.3. The van der Waals surface area contributed by atoms with E-state index in [2.05, 4.69) is 20.8 Å². The Hall–Kier alpha value is -1.59. The molecule has 0 aliphatic carbocycles. The Bertz CT molecular complexity index is 892. The van der Waals surface area contributed by atoms with Crippen LogP contribution in [0.15, 0.2) is 49.4 Å². The van der Waals surface area contributed by atoms with Gasteiger partial charge in [-0.1, -0.05) is 28.1 Å². The van der Waals surface area contributed by atoms with E-state index in [9.17, 15) is 4.79 Å². The molecule has 118 valence electrons. The Balaban J connectivity index is 1.84. The third-order valence-electron chi connectivity index (χ3n) is 4.25. The quantitative estimate of drug-likeness (QED) is 0.598. The van der Waals surface area contributed by atoms with Crippen molar-refractivity contribution in [2.45, 2.75) is 19.3 Å². The summed E-state index contributed by atoms with van der Waals surface area (Å²) in [6.07, 6.45) is 3.57. The lowest BCUT2D eigenvalue weighted by atomic mass is 10.1. The molecule has 4 rings (SSSR count). The number of benzene rings is 1. The molecule has 0 atom stereocenters. The van der Waals surface area contributed by atoms with E-state index in [1.54, 1.807) is 6.07 Å². The van der Waals surface area contributed by atoms with Crippen molar-refractivity contribution in [3.05, 3.63) is 50.4 Å². The van der Waals surface area contributed by atoms with Crippen LogP contribution in [-0.2, 0) is 0 Å². The summed E-state index contributed by atoms with van der Waals surface area (Å²) in [7, 11) is 0. The molecule has 0 unspecified atom stereocenters. The van der Waals surface area contributed by atoms with E-state index in [-0.39, 0.29) is 5.43 Å². The smallest absolute Gasteiger partial charge is 0.204 e. The number of nitrogens with zero attached hydrogens (tertiary/aromatic N) is 1. The van der Waals surface area contributed by atoms with Crippen molar-refractivity contribution in [1.82, 2.24) is 0 Å². The first kappa shape index (κ1) is 15.0. The van der Waals surface area contributed by atoms with E-state index in [4.69, 9.17) is 4.42 Å². The number of anilines is 1. The van der Waals surface area contributed by atoms with Crippen molar-refractivity contribution in [3.8, 4) is 11.1 Å². The lowest BCUT2D eigenvalue weighted by Gasteiger charge is -2.26. The van der Waals surface area contributed by atoms with Crippen molar-refractivity contribution < 1.29 is 4.42 Å². The summed E-state index contributed by atoms with van der Waals surface area (Å²) in [5, 5.41) is 2.01. The SMILES string of the molecule is O=c1cc(N2CCCCC2)oc2c(-c3ccc(Br)cc3)csc12. The molecule has 1 aliphatic rings. The molecule has 1 aliphatic heterocycles. The fourth-order valence-electron chi connectivity index (χ4n) is 3.03. The lowest BCUT2D eigenvalue weighted by molar-refractivity contribution is 0.513. The molecule has 3 nitrogen and oxygen atoms in total. The maximum Gasteiger partial charge on any atom is 0.204 e. The van der Waals surface area contributed by atoms with Gasteiger partial charge in [-0.3, -0.25) is 4.79 Å². The van der Waals surface area contributed by atoms with Gasteiger partial charge in [0.25, 0.3) is 0 Å². The van der Waals surface area contributed by atoms with Crippen molar-refractivity contribution in [2.75, 3.05) is 18.0 Å². The first-order valence-electron chi connectivity index (χ1n) is 7.78. The van der Waals surface area contributed by atoms with Crippen molar-refractivity contribution >= 4 is 43.4 Å². The summed E-state index contributed by atoms with van der Waals surface area (Å²) in [6, 6.07) is 9.74. The van der Waals surface area contributed by atoms with Crippen LogP contribution >= 0.6 is 27.3 Å². The Morgan fingerprint density at radius 2 is 1.83 bits per heavy atom. The van der Waals surface area contributed by atoms with Gasteiger partial charge in [-0.25, -0.2) is 0 Å². The van der Waals surface area contributed by atoms with Gasteiger partial charge >= 0.3 is 0 Å². The van der Waals surface area contributed by atoms with Gasteiger partial charge in [-0.15, -0.1) is 11.3 Å². The summed E-state index contributed by atoms with van der Waals surface area (Å²) >= 11 is 4.91. The van der Waals surface area contributed by atoms with Crippen LogP contribution in [0, 0.1) is 0 Å². The van der Waals surface area contributed by atoms with Crippen molar-refractivity contribution in [3.63, 3.8) is 0 Å².